The van der Waals surface area contributed by atoms with Crippen LogP contribution in [0.2, 0.25) is 0 Å². The van der Waals surface area contributed by atoms with Gasteiger partial charge in [0, 0.05) is 5.92 Å². The quantitative estimate of drug-likeness (QED) is 0.319. The molecule has 0 bridgehead atoms. The van der Waals surface area contributed by atoms with Crippen LogP contribution in [0.5, 0.6) is 0 Å². The van der Waals surface area contributed by atoms with E-state index in [2.05, 4.69) is 128 Å². The minimum atomic E-state index is -0.278. The van der Waals surface area contributed by atoms with Crippen molar-refractivity contribution < 1.29 is 0 Å². The molecule has 2 aliphatic carbocycles. The molecule has 6 rings (SSSR count). The third-order valence-corrected chi connectivity index (χ3v) is 7.28. The molecule has 0 fully saturated rings. The Morgan fingerprint density at radius 3 is 1.53 bits per heavy atom. The Morgan fingerprint density at radius 2 is 1.06 bits per heavy atom. The number of rotatable bonds is 4. The van der Waals surface area contributed by atoms with Gasteiger partial charge in [-0.05, 0) is 46.7 Å². The van der Waals surface area contributed by atoms with E-state index in [0.717, 1.165) is 6.42 Å². The van der Waals surface area contributed by atoms with E-state index >= 15 is 0 Å². The molecule has 0 saturated heterocycles. The first-order valence-electron chi connectivity index (χ1n) is 11.5. The third-order valence-electron chi connectivity index (χ3n) is 7.28. The van der Waals surface area contributed by atoms with E-state index in [9.17, 15) is 0 Å². The topological polar surface area (TPSA) is 0 Å². The smallest absolute Gasteiger partial charge is 0.0526 e. The summed E-state index contributed by atoms with van der Waals surface area (Å²) >= 11 is 0. The van der Waals surface area contributed by atoms with E-state index in [4.69, 9.17) is 0 Å². The van der Waals surface area contributed by atoms with Gasteiger partial charge in [0.2, 0.25) is 0 Å². The summed E-state index contributed by atoms with van der Waals surface area (Å²) in [7, 11) is 0. The first-order chi connectivity index (χ1) is 15.8. The molecule has 0 N–H and O–H groups in total. The van der Waals surface area contributed by atoms with Crippen LogP contribution >= 0.6 is 0 Å². The number of allylic oxidation sites excluding steroid dienone is 4. The lowest BCUT2D eigenvalue weighted by molar-refractivity contribution is 0.527. The zero-order chi connectivity index (χ0) is 21.5. The molecule has 0 nitrogen and oxygen atoms in total. The van der Waals surface area contributed by atoms with Gasteiger partial charge in [-0.1, -0.05) is 132 Å². The fourth-order valence-corrected chi connectivity index (χ4v) is 6.02. The molecule has 32 heavy (non-hydrogen) atoms. The highest BCUT2D eigenvalue weighted by molar-refractivity contribution is 5.81. The van der Waals surface area contributed by atoms with Gasteiger partial charge in [0.05, 0.1) is 5.41 Å². The predicted molar refractivity (Wildman–Crippen MR) is 134 cm³/mol. The first-order valence-corrected chi connectivity index (χ1v) is 11.5. The fraction of sp³-hybridized carbons (Fsp3) is 0.125. The molecule has 0 heterocycles. The standard InChI is InChI=1S/C32H26/c1-23-20-21-26(22-23)32(24-12-4-2-5-13-24,25-14-6-3-7-15-25)31-29-18-10-8-16-27(29)28-17-9-11-19-30(28)31/h2-20,22,31H,21H2,1H3. The van der Waals surface area contributed by atoms with Crippen LogP contribution in [0.1, 0.15) is 41.5 Å². The summed E-state index contributed by atoms with van der Waals surface area (Å²) < 4.78 is 0. The fourth-order valence-electron chi connectivity index (χ4n) is 6.02. The molecule has 0 saturated carbocycles. The van der Waals surface area contributed by atoms with Crippen LogP contribution in [0.3, 0.4) is 0 Å². The highest BCUT2D eigenvalue weighted by atomic mass is 14.5. The first kappa shape index (κ1) is 19.1. The summed E-state index contributed by atoms with van der Waals surface area (Å²) in [6.07, 6.45) is 5.79. The Bertz CT molecular complexity index is 1250. The van der Waals surface area contributed by atoms with Crippen LogP contribution in [-0.2, 0) is 5.41 Å². The monoisotopic (exact) mass is 410 g/mol. The highest BCUT2D eigenvalue weighted by Gasteiger charge is 2.50. The van der Waals surface area contributed by atoms with Gasteiger partial charge in [-0.25, -0.2) is 0 Å². The van der Waals surface area contributed by atoms with Crippen molar-refractivity contribution in [1.82, 2.24) is 0 Å². The van der Waals surface area contributed by atoms with Crippen molar-refractivity contribution in [2.45, 2.75) is 24.7 Å². The van der Waals surface area contributed by atoms with Gasteiger partial charge in [0.25, 0.3) is 0 Å². The van der Waals surface area contributed by atoms with E-state index < -0.39 is 0 Å². The molecule has 0 unspecified atom stereocenters. The van der Waals surface area contributed by atoms with Gasteiger partial charge < -0.3 is 0 Å². The van der Waals surface area contributed by atoms with Crippen molar-refractivity contribution in [2.24, 2.45) is 0 Å². The van der Waals surface area contributed by atoms with Crippen molar-refractivity contribution >= 4 is 0 Å². The molecule has 0 amide bonds. The summed E-state index contributed by atoms with van der Waals surface area (Å²) in [5.41, 5.74) is 10.9. The van der Waals surface area contributed by atoms with E-state index in [1.165, 1.54) is 44.5 Å². The lowest BCUT2D eigenvalue weighted by Gasteiger charge is -2.43. The molecule has 0 radical (unpaired) electrons. The minimum Gasteiger partial charge on any atom is -0.0775 e. The molecular formula is C32H26. The second kappa shape index (κ2) is 7.50. The minimum absolute atomic E-state index is 0.213. The van der Waals surface area contributed by atoms with E-state index in [1.807, 2.05) is 0 Å². The second-order valence-electron chi connectivity index (χ2n) is 8.97. The molecular weight excluding hydrogens is 384 g/mol. The van der Waals surface area contributed by atoms with Crippen molar-refractivity contribution in [2.75, 3.05) is 0 Å². The van der Waals surface area contributed by atoms with Gasteiger partial charge in [-0.15, -0.1) is 0 Å². The Balaban J connectivity index is 1.76. The molecule has 0 spiro atoms. The maximum Gasteiger partial charge on any atom is 0.0526 e. The number of hydrogen-bond donors (Lipinski definition) is 0. The number of hydrogen-bond acceptors (Lipinski definition) is 0. The van der Waals surface area contributed by atoms with Gasteiger partial charge >= 0.3 is 0 Å². The Labute approximate surface area is 190 Å². The molecule has 0 heteroatoms. The number of fused-ring (bicyclic) bond motifs is 3. The average Bonchev–Trinajstić information content (AvgIpc) is 3.44. The zero-order valence-corrected chi connectivity index (χ0v) is 18.3. The van der Waals surface area contributed by atoms with Crippen molar-refractivity contribution in [3.63, 3.8) is 0 Å². The average molecular weight is 411 g/mol. The van der Waals surface area contributed by atoms with Gasteiger partial charge in [0.1, 0.15) is 0 Å². The van der Waals surface area contributed by atoms with Crippen LogP contribution in [0.15, 0.2) is 132 Å². The summed E-state index contributed by atoms with van der Waals surface area (Å²) in [5, 5.41) is 0. The SMILES string of the molecule is CC1=CCC(C(c2ccccc2)(c2ccccc2)C2c3ccccc3-c3ccccc32)=C1. The van der Waals surface area contributed by atoms with Crippen LogP contribution in [-0.4, -0.2) is 0 Å². The molecule has 4 aromatic rings. The van der Waals surface area contributed by atoms with Crippen molar-refractivity contribution in [3.05, 3.63) is 155 Å². The zero-order valence-electron chi connectivity index (χ0n) is 18.3. The van der Waals surface area contributed by atoms with Crippen molar-refractivity contribution in [3.8, 4) is 11.1 Å². The van der Waals surface area contributed by atoms with Gasteiger partial charge in [-0.3, -0.25) is 0 Å². The Morgan fingerprint density at radius 1 is 0.594 bits per heavy atom. The lowest BCUT2D eigenvalue weighted by Crippen LogP contribution is -2.37. The van der Waals surface area contributed by atoms with E-state index in [0.29, 0.717) is 0 Å². The maximum atomic E-state index is 2.43. The normalized spacial score (nSPS) is 15.2. The molecule has 2 aliphatic rings. The van der Waals surface area contributed by atoms with E-state index in [-0.39, 0.29) is 11.3 Å². The summed E-state index contributed by atoms with van der Waals surface area (Å²) in [6, 6.07) is 40.3. The summed E-state index contributed by atoms with van der Waals surface area (Å²) in [4.78, 5) is 0. The van der Waals surface area contributed by atoms with Crippen LogP contribution in [0.25, 0.3) is 11.1 Å². The predicted octanol–water partition coefficient (Wildman–Crippen LogP) is 8.06. The molecule has 4 aromatic carbocycles. The van der Waals surface area contributed by atoms with Crippen LogP contribution in [0, 0.1) is 0 Å². The second-order valence-corrected chi connectivity index (χ2v) is 8.97. The van der Waals surface area contributed by atoms with Crippen LogP contribution in [0.4, 0.5) is 0 Å². The van der Waals surface area contributed by atoms with E-state index in [1.54, 1.807) is 0 Å². The highest BCUT2D eigenvalue weighted by Crippen LogP contribution is 2.60. The molecule has 0 aliphatic heterocycles. The Hall–Kier alpha value is -3.64. The third kappa shape index (κ3) is 2.69. The molecule has 154 valence electrons. The van der Waals surface area contributed by atoms with Crippen molar-refractivity contribution in [1.29, 1.82) is 0 Å². The maximum absolute atomic E-state index is 2.43. The van der Waals surface area contributed by atoms with Gasteiger partial charge in [0.15, 0.2) is 0 Å². The molecule has 0 atom stereocenters. The lowest BCUT2D eigenvalue weighted by atomic mass is 9.58. The summed E-state index contributed by atoms with van der Waals surface area (Å²) in [6.45, 7) is 2.23. The Kier molecular flexibility index (Phi) is 4.47. The summed E-state index contributed by atoms with van der Waals surface area (Å²) in [5.74, 6) is 0.213. The van der Waals surface area contributed by atoms with Gasteiger partial charge in [-0.2, -0.15) is 0 Å². The number of benzene rings is 4. The molecule has 0 aromatic heterocycles. The van der Waals surface area contributed by atoms with Crippen LogP contribution < -0.4 is 0 Å². The largest absolute Gasteiger partial charge is 0.0775 e.